The number of piperidine rings is 1. The Balaban J connectivity index is 1.65. The highest BCUT2D eigenvalue weighted by atomic mass is 16.5. The van der Waals surface area contributed by atoms with Crippen LogP contribution in [0, 0.1) is 5.92 Å². The van der Waals surface area contributed by atoms with Gasteiger partial charge in [0.25, 0.3) is 0 Å². The van der Waals surface area contributed by atoms with E-state index in [1.54, 1.807) is 7.11 Å². The minimum Gasteiger partial charge on any atom is -0.497 e. The van der Waals surface area contributed by atoms with Gasteiger partial charge in [-0.05, 0) is 68.8 Å². The third-order valence-corrected chi connectivity index (χ3v) is 3.86. The van der Waals surface area contributed by atoms with Crippen LogP contribution in [0.4, 0.5) is 0 Å². The molecule has 1 unspecified atom stereocenters. The molecule has 0 spiro atoms. The number of benzene rings is 1. The molecule has 1 N–H and O–H groups in total. The third kappa shape index (κ3) is 4.34. The fraction of sp³-hybridized carbons (Fsp3) is 0.625. The number of ether oxygens (including phenoxy) is 1. The van der Waals surface area contributed by atoms with Gasteiger partial charge in [0.1, 0.15) is 5.75 Å². The lowest BCUT2D eigenvalue weighted by molar-refractivity contribution is 0.348. The zero-order chi connectivity index (χ0) is 12.6. The fourth-order valence-electron chi connectivity index (χ4n) is 2.76. The van der Waals surface area contributed by atoms with Crippen molar-refractivity contribution in [2.45, 2.75) is 38.5 Å². The Bertz CT molecular complexity index is 345. The van der Waals surface area contributed by atoms with Gasteiger partial charge in [-0.15, -0.1) is 0 Å². The molecule has 2 heteroatoms. The molecule has 100 valence electrons. The summed E-state index contributed by atoms with van der Waals surface area (Å²) >= 11 is 0. The maximum atomic E-state index is 5.25. The first-order valence-corrected chi connectivity index (χ1v) is 7.22. The Kier molecular flexibility index (Phi) is 5.53. The molecule has 0 bridgehead atoms. The van der Waals surface area contributed by atoms with Crippen LogP contribution in [0.3, 0.4) is 0 Å². The molecule has 2 nitrogen and oxygen atoms in total. The van der Waals surface area contributed by atoms with E-state index < -0.39 is 0 Å². The van der Waals surface area contributed by atoms with Gasteiger partial charge >= 0.3 is 0 Å². The molecule has 1 aliphatic heterocycles. The number of aryl methyl sites for hydroxylation is 1. The molecule has 0 saturated carbocycles. The summed E-state index contributed by atoms with van der Waals surface area (Å²) in [7, 11) is 1.73. The van der Waals surface area contributed by atoms with Crippen LogP contribution in [-0.4, -0.2) is 20.2 Å². The zero-order valence-corrected chi connectivity index (χ0v) is 11.5. The van der Waals surface area contributed by atoms with E-state index in [4.69, 9.17) is 4.74 Å². The van der Waals surface area contributed by atoms with Crippen molar-refractivity contribution < 1.29 is 4.74 Å². The van der Waals surface area contributed by atoms with Crippen molar-refractivity contribution in [1.29, 1.82) is 0 Å². The molecule has 1 aromatic carbocycles. The van der Waals surface area contributed by atoms with E-state index in [0.29, 0.717) is 0 Å². The van der Waals surface area contributed by atoms with Gasteiger partial charge in [-0.1, -0.05) is 18.6 Å². The molecule has 0 amide bonds. The highest BCUT2D eigenvalue weighted by Crippen LogP contribution is 2.19. The summed E-state index contributed by atoms with van der Waals surface area (Å²) < 4.78 is 5.25. The Morgan fingerprint density at radius 2 is 2.28 bits per heavy atom. The molecule has 0 radical (unpaired) electrons. The Morgan fingerprint density at radius 1 is 1.33 bits per heavy atom. The Hall–Kier alpha value is -1.02. The van der Waals surface area contributed by atoms with E-state index in [1.807, 2.05) is 6.07 Å². The maximum absolute atomic E-state index is 5.25. The SMILES string of the molecule is COc1cccc(CCCCC2CCCNC2)c1. The lowest BCUT2D eigenvalue weighted by Gasteiger charge is -2.22. The van der Waals surface area contributed by atoms with Crippen LogP contribution < -0.4 is 10.1 Å². The van der Waals surface area contributed by atoms with Crippen LogP contribution in [0.15, 0.2) is 24.3 Å². The van der Waals surface area contributed by atoms with Gasteiger partial charge in [0.2, 0.25) is 0 Å². The standard InChI is InChI=1S/C16H25NO/c1-18-16-10-4-8-14(12-16)6-2-3-7-15-9-5-11-17-13-15/h4,8,10,12,15,17H,2-3,5-7,9,11,13H2,1H3. The van der Waals surface area contributed by atoms with Crippen LogP contribution in [0.5, 0.6) is 5.75 Å². The molecule has 1 atom stereocenters. The summed E-state index contributed by atoms with van der Waals surface area (Å²) in [5.41, 5.74) is 1.40. The average Bonchev–Trinajstić information content (AvgIpc) is 2.45. The first kappa shape index (κ1) is 13.4. The Morgan fingerprint density at radius 3 is 3.06 bits per heavy atom. The van der Waals surface area contributed by atoms with E-state index in [1.165, 1.54) is 57.2 Å². The van der Waals surface area contributed by atoms with Crippen LogP contribution >= 0.6 is 0 Å². The first-order chi connectivity index (χ1) is 8.88. The van der Waals surface area contributed by atoms with Crippen molar-refractivity contribution in [3.05, 3.63) is 29.8 Å². The quantitative estimate of drug-likeness (QED) is 0.778. The molecule has 1 saturated heterocycles. The molecule has 1 heterocycles. The smallest absolute Gasteiger partial charge is 0.119 e. The summed E-state index contributed by atoms with van der Waals surface area (Å²) in [6.07, 6.45) is 7.99. The number of hydrogen-bond acceptors (Lipinski definition) is 2. The molecule has 1 aliphatic rings. The monoisotopic (exact) mass is 247 g/mol. The van der Waals surface area contributed by atoms with E-state index in [2.05, 4.69) is 23.5 Å². The van der Waals surface area contributed by atoms with Gasteiger partial charge < -0.3 is 10.1 Å². The first-order valence-electron chi connectivity index (χ1n) is 7.22. The van der Waals surface area contributed by atoms with Crippen LogP contribution in [0.2, 0.25) is 0 Å². The summed E-state index contributed by atoms with van der Waals surface area (Å²) in [5.74, 6) is 1.90. The van der Waals surface area contributed by atoms with Gasteiger partial charge in [0.15, 0.2) is 0 Å². The predicted molar refractivity (Wildman–Crippen MR) is 76.1 cm³/mol. The molecule has 2 rings (SSSR count). The Labute approximate surface area is 111 Å². The highest BCUT2D eigenvalue weighted by Gasteiger charge is 2.11. The molecule has 0 aromatic heterocycles. The van der Waals surface area contributed by atoms with Gasteiger partial charge in [-0.3, -0.25) is 0 Å². The topological polar surface area (TPSA) is 21.3 Å². The van der Waals surface area contributed by atoms with Crippen molar-refractivity contribution in [2.24, 2.45) is 5.92 Å². The van der Waals surface area contributed by atoms with E-state index in [0.717, 1.165) is 11.7 Å². The van der Waals surface area contributed by atoms with Crippen LogP contribution in [-0.2, 0) is 6.42 Å². The average molecular weight is 247 g/mol. The predicted octanol–water partition coefficient (Wildman–Crippen LogP) is 3.41. The number of methoxy groups -OCH3 is 1. The lowest BCUT2D eigenvalue weighted by Crippen LogP contribution is -2.29. The van der Waals surface area contributed by atoms with Crippen molar-refractivity contribution in [3.8, 4) is 5.75 Å². The van der Waals surface area contributed by atoms with Gasteiger partial charge in [0, 0.05) is 0 Å². The van der Waals surface area contributed by atoms with Gasteiger partial charge in [-0.25, -0.2) is 0 Å². The van der Waals surface area contributed by atoms with Gasteiger partial charge in [-0.2, -0.15) is 0 Å². The van der Waals surface area contributed by atoms with Crippen molar-refractivity contribution in [1.82, 2.24) is 5.32 Å². The molecule has 1 aromatic rings. The molecular formula is C16H25NO. The van der Waals surface area contributed by atoms with Gasteiger partial charge in [0.05, 0.1) is 7.11 Å². The minimum absolute atomic E-state index is 0.920. The molecule has 18 heavy (non-hydrogen) atoms. The van der Waals surface area contributed by atoms with Crippen molar-refractivity contribution in [3.63, 3.8) is 0 Å². The zero-order valence-electron chi connectivity index (χ0n) is 11.5. The third-order valence-electron chi connectivity index (χ3n) is 3.86. The largest absolute Gasteiger partial charge is 0.497 e. The normalized spacial score (nSPS) is 19.7. The van der Waals surface area contributed by atoms with Crippen molar-refractivity contribution in [2.75, 3.05) is 20.2 Å². The van der Waals surface area contributed by atoms with E-state index in [-0.39, 0.29) is 0 Å². The molecular weight excluding hydrogens is 222 g/mol. The number of nitrogens with one attached hydrogen (secondary N) is 1. The second-order valence-corrected chi connectivity index (χ2v) is 5.31. The molecule has 0 aliphatic carbocycles. The van der Waals surface area contributed by atoms with Crippen LogP contribution in [0.25, 0.3) is 0 Å². The summed E-state index contributed by atoms with van der Waals surface area (Å²) in [5, 5.41) is 3.49. The second-order valence-electron chi connectivity index (χ2n) is 5.31. The number of unbranched alkanes of at least 4 members (excludes halogenated alkanes) is 1. The summed E-state index contributed by atoms with van der Waals surface area (Å²) in [6.45, 7) is 2.46. The number of rotatable bonds is 6. The number of hydrogen-bond donors (Lipinski definition) is 1. The summed E-state index contributed by atoms with van der Waals surface area (Å²) in [6, 6.07) is 8.45. The minimum atomic E-state index is 0.920. The lowest BCUT2D eigenvalue weighted by atomic mass is 9.93. The maximum Gasteiger partial charge on any atom is 0.119 e. The highest BCUT2D eigenvalue weighted by molar-refractivity contribution is 5.28. The fourth-order valence-corrected chi connectivity index (χ4v) is 2.76. The summed E-state index contributed by atoms with van der Waals surface area (Å²) in [4.78, 5) is 0. The second kappa shape index (κ2) is 7.42. The molecule has 1 fully saturated rings. The van der Waals surface area contributed by atoms with E-state index in [9.17, 15) is 0 Å². The van der Waals surface area contributed by atoms with Crippen molar-refractivity contribution >= 4 is 0 Å². The van der Waals surface area contributed by atoms with Crippen LogP contribution in [0.1, 0.15) is 37.7 Å². The van der Waals surface area contributed by atoms with E-state index >= 15 is 0 Å².